The predicted molar refractivity (Wildman–Crippen MR) is 85.8 cm³/mol. The highest BCUT2D eigenvalue weighted by Crippen LogP contribution is 2.45. The topological polar surface area (TPSA) is 35.5 Å². The quantitative estimate of drug-likeness (QED) is 0.609. The zero-order valence-corrected chi connectivity index (χ0v) is 12.9. The molecular formula is C19H20O3. The van der Waals surface area contributed by atoms with Gasteiger partial charge in [-0.1, -0.05) is 67.6 Å². The molecular weight excluding hydrogens is 276 g/mol. The molecule has 1 heterocycles. The van der Waals surface area contributed by atoms with Crippen LogP contribution in [0.25, 0.3) is 0 Å². The third kappa shape index (κ3) is 2.59. The highest BCUT2D eigenvalue weighted by Gasteiger charge is 2.49. The Balaban J connectivity index is 1.96. The smallest absolute Gasteiger partial charge is 0.426 e. The van der Waals surface area contributed by atoms with E-state index in [1.165, 1.54) is 11.1 Å². The van der Waals surface area contributed by atoms with E-state index < -0.39 is 6.16 Å². The third-order valence-corrected chi connectivity index (χ3v) is 4.29. The van der Waals surface area contributed by atoms with Gasteiger partial charge in [0.2, 0.25) is 0 Å². The van der Waals surface area contributed by atoms with E-state index in [0.29, 0.717) is 0 Å². The van der Waals surface area contributed by atoms with Crippen molar-refractivity contribution in [2.45, 2.75) is 37.9 Å². The van der Waals surface area contributed by atoms with Crippen LogP contribution in [0, 0.1) is 0 Å². The van der Waals surface area contributed by atoms with E-state index in [1.807, 2.05) is 37.3 Å². The van der Waals surface area contributed by atoms with E-state index in [4.69, 9.17) is 9.47 Å². The largest absolute Gasteiger partial charge is 0.509 e. The molecule has 22 heavy (non-hydrogen) atoms. The molecule has 3 heteroatoms. The van der Waals surface area contributed by atoms with Crippen LogP contribution in [-0.4, -0.2) is 18.4 Å². The SMILES string of the molecule is C=C(C)/C=C\C=C/C1c2ccccc2C(C)C2OC(=O)OC12. The second-order valence-electron chi connectivity index (χ2n) is 5.95. The van der Waals surface area contributed by atoms with Gasteiger partial charge in [0.15, 0.2) is 6.10 Å². The van der Waals surface area contributed by atoms with Crippen molar-refractivity contribution in [1.82, 2.24) is 0 Å². The molecule has 1 saturated heterocycles. The summed E-state index contributed by atoms with van der Waals surface area (Å²) >= 11 is 0. The lowest BCUT2D eigenvalue weighted by Gasteiger charge is -2.34. The van der Waals surface area contributed by atoms with Gasteiger partial charge in [-0.3, -0.25) is 0 Å². The van der Waals surface area contributed by atoms with Crippen LogP contribution in [0.4, 0.5) is 4.79 Å². The summed E-state index contributed by atoms with van der Waals surface area (Å²) in [5, 5.41) is 0. The molecule has 0 aromatic heterocycles. The summed E-state index contributed by atoms with van der Waals surface area (Å²) in [7, 11) is 0. The molecule has 4 atom stereocenters. The molecule has 0 saturated carbocycles. The van der Waals surface area contributed by atoms with Gasteiger partial charge in [-0.05, 0) is 18.1 Å². The molecule has 3 rings (SSSR count). The number of hydrogen-bond donors (Lipinski definition) is 0. The standard InChI is InChI=1S/C19H20O3/c1-12(2)8-4-5-11-16-15-10-7-6-9-14(15)13(3)17-18(16)22-19(20)21-17/h4-11,13,16-18H,1H2,2-3H3/b8-4-,11-5-. The molecule has 0 bridgehead atoms. The molecule has 1 fully saturated rings. The Labute approximate surface area is 130 Å². The van der Waals surface area contributed by atoms with Crippen LogP contribution in [0.5, 0.6) is 0 Å². The number of allylic oxidation sites excluding steroid dienone is 4. The van der Waals surface area contributed by atoms with Crippen molar-refractivity contribution in [1.29, 1.82) is 0 Å². The first kappa shape index (κ1) is 14.6. The zero-order valence-electron chi connectivity index (χ0n) is 12.9. The van der Waals surface area contributed by atoms with Crippen molar-refractivity contribution in [3.8, 4) is 0 Å². The lowest BCUT2D eigenvalue weighted by atomic mass is 9.73. The Morgan fingerprint density at radius 1 is 1.14 bits per heavy atom. The van der Waals surface area contributed by atoms with Crippen LogP contribution in [0.1, 0.15) is 36.8 Å². The summed E-state index contributed by atoms with van der Waals surface area (Å²) in [6.45, 7) is 7.87. The van der Waals surface area contributed by atoms with E-state index in [2.05, 4.69) is 31.7 Å². The van der Waals surface area contributed by atoms with Crippen molar-refractivity contribution in [2.24, 2.45) is 0 Å². The monoisotopic (exact) mass is 296 g/mol. The van der Waals surface area contributed by atoms with Crippen molar-refractivity contribution < 1.29 is 14.3 Å². The Bertz CT molecular complexity index is 656. The van der Waals surface area contributed by atoms with Crippen molar-refractivity contribution in [2.75, 3.05) is 0 Å². The summed E-state index contributed by atoms with van der Waals surface area (Å²) in [5.74, 6) is 0.155. The molecule has 1 aromatic rings. The normalized spacial score (nSPS) is 30.0. The lowest BCUT2D eigenvalue weighted by Crippen LogP contribution is -2.37. The fourth-order valence-electron chi connectivity index (χ4n) is 3.25. The second kappa shape index (κ2) is 5.84. The molecule has 4 unspecified atom stereocenters. The number of benzene rings is 1. The molecule has 1 aliphatic heterocycles. The van der Waals surface area contributed by atoms with E-state index in [1.54, 1.807) is 0 Å². The fraction of sp³-hybridized carbons (Fsp3) is 0.316. The highest BCUT2D eigenvalue weighted by atomic mass is 16.8. The van der Waals surface area contributed by atoms with Crippen LogP contribution < -0.4 is 0 Å². The fourth-order valence-corrected chi connectivity index (χ4v) is 3.25. The molecule has 1 aliphatic carbocycles. The molecule has 0 N–H and O–H groups in total. The van der Waals surface area contributed by atoms with E-state index in [9.17, 15) is 4.79 Å². The minimum absolute atomic E-state index is 0.0126. The number of ether oxygens (including phenoxy) is 2. The number of rotatable bonds is 3. The first-order valence-corrected chi connectivity index (χ1v) is 7.54. The average Bonchev–Trinajstić information content (AvgIpc) is 2.88. The van der Waals surface area contributed by atoms with Crippen LogP contribution in [0.3, 0.4) is 0 Å². The Morgan fingerprint density at radius 2 is 1.82 bits per heavy atom. The van der Waals surface area contributed by atoms with Gasteiger partial charge in [-0.25, -0.2) is 4.79 Å². The predicted octanol–water partition coefficient (Wildman–Crippen LogP) is 4.48. The van der Waals surface area contributed by atoms with Crippen molar-refractivity contribution >= 4 is 6.16 Å². The van der Waals surface area contributed by atoms with Gasteiger partial charge in [0.05, 0.1) is 0 Å². The van der Waals surface area contributed by atoms with E-state index in [-0.39, 0.29) is 24.0 Å². The maximum absolute atomic E-state index is 11.6. The Morgan fingerprint density at radius 3 is 2.55 bits per heavy atom. The highest BCUT2D eigenvalue weighted by molar-refractivity contribution is 5.64. The molecule has 1 aromatic carbocycles. The van der Waals surface area contributed by atoms with Gasteiger partial charge in [0.1, 0.15) is 6.10 Å². The summed E-state index contributed by atoms with van der Waals surface area (Å²) in [5.41, 5.74) is 3.42. The van der Waals surface area contributed by atoms with Crippen molar-refractivity contribution in [3.05, 3.63) is 71.8 Å². The average molecular weight is 296 g/mol. The van der Waals surface area contributed by atoms with E-state index in [0.717, 1.165) is 5.57 Å². The summed E-state index contributed by atoms with van der Waals surface area (Å²) in [6, 6.07) is 8.25. The minimum atomic E-state index is -0.564. The summed E-state index contributed by atoms with van der Waals surface area (Å²) < 4.78 is 10.8. The number of carbonyl (C=O) groups excluding carboxylic acids is 1. The van der Waals surface area contributed by atoms with Gasteiger partial charge < -0.3 is 9.47 Å². The maximum Gasteiger partial charge on any atom is 0.509 e. The van der Waals surface area contributed by atoms with Gasteiger partial charge in [0.25, 0.3) is 0 Å². The number of fused-ring (bicyclic) bond motifs is 2. The molecule has 0 spiro atoms. The van der Waals surface area contributed by atoms with Crippen LogP contribution in [0.15, 0.2) is 60.7 Å². The van der Waals surface area contributed by atoms with Gasteiger partial charge in [-0.2, -0.15) is 0 Å². The number of hydrogen-bond acceptors (Lipinski definition) is 3. The van der Waals surface area contributed by atoms with Crippen LogP contribution in [0.2, 0.25) is 0 Å². The van der Waals surface area contributed by atoms with Crippen LogP contribution >= 0.6 is 0 Å². The Hall–Kier alpha value is -2.29. The first-order valence-electron chi connectivity index (χ1n) is 7.54. The molecule has 114 valence electrons. The minimum Gasteiger partial charge on any atom is -0.426 e. The molecule has 2 aliphatic rings. The van der Waals surface area contributed by atoms with Gasteiger partial charge in [0, 0.05) is 11.8 Å². The van der Waals surface area contributed by atoms with Crippen LogP contribution in [-0.2, 0) is 9.47 Å². The Kier molecular flexibility index (Phi) is 3.88. The third-order valence-electron chi connectivity index (χ3n) is 4.29. The maximum atomic E-state index is 11.6. The zero-order chi connectivity index (χ0) is 15.7. The van der Waals surface area contributed by atoms with Crippen molar-refractivity contribution in [3.63, 3.8) is 0 Å². The van der Waals surface area contributed by atoms with Gasteiger partial charge in [-0.15, -0.1) is 0 Å². The summed E-state index contributed by atoms with van der Waals surface area (Å²) in [6.07, 6.45) is 6.91. The first-order chi connectivity index (χ1) is 10.6. The summed E-state index contributed by atoms with van der Waals surface area (Å²) in [4.78, 5) is 11.6. The molecule has 3 nitrogen and oxygen atoms in total. The van der Waals surface area contributed by atoms with E-state index >= 15 is 0 Å². The molecule has 0 radical (unpaired) electrons. The second-order valence-corrected chi connectivity index (χ2v) is 5.95. The van der Waals surface area contributed by atoms with Gasteiger partial charge >= 0.3 is 6.16 Å². The molecule has 0 amide bonds. The lowest BCUT2D eigenvalue weighted by molar-refractivity contribution is 0.110. The number of carbonyl (C=O) groups is 1.